The molecule has 0 amide bonds. The van der Waals surface area contributed by atoms with Crippen LogP contribution < -0.4 is 0 Å². The van der Waals surface area contributed by atoms with E-state index in [2.05, 4.69) is 25.9 Å². The van der Waals surface area contributed by atoms with Gasteiger partial charge in [-0.15, -0.1) is 11.3 Å². The minimum absolute atomic E-state index is 0.0753. The standard InChI is InChI=1S/C10H7BrN2OS/c1-6-13-9(5-15-6)10(14)7-2-3-12-4-8(7)11/h2-5H,1H3. The van der Waals surface area contributed by atoms with Crippen molar-refractivity contribution >= 4 is 33.0 Å². The lowest BCUT2D eigenvalue weighted by atomic mass is 10.1. The molecular weight excluding hydrogens is 276 g/mol. The topological polar surface area (TPSA) is 42.9 Å². The van der Waals surface area contributed by atoms with Crippen LogP contribution in [0, 0.1) is 6.92 Å². The Labute approximate surface area is 99.3 Å². The summed E-state index contributed by atoms with van der Waals surface area (Å²) in [5.74, 6) is -0.0753. The van der Waals surface area contributed by atoms with Crippen LogP contribution in [0.4, 0.5) is 0 Å². The maximum atomic E-state index is 12.0. The third-order valence-electron chi connectivity index (χ3n) is 1.87. The van der Waals surface area contributed by atoms with Crippen LogP contribution in [0.25, 0.3) is 0 Å². The highest BCUT2D eigenvalue weighted by atomic mass is 79.9. The van der Waals surface area contributed by atoms with E-state index in [0.29, 0.717) is 15.7 Å². The van der Waals surface area contributed by atoms with Crippen molar-refractivity contribution in [1.82, 2.24) is 9.97 Å². The molecule has 0 bridgehead atoms. The van der Waals surface area contributed by atoms with Crippen molar-refractivity contribution in [2.75, 3.05) is 0 Å². The molecule has 0 fully saturated rings. The van der Waals surface area contributed by atoms with E-state index >= 15 is 0 Å². The third-order valence-corrected chi connectivity index (χ3v) is 3.27. The Hall–Kier alpha value is -1.07. The third kappa shape index (κ3) is 2.13. The molecule has 15 heavy (non-hydrogen) atoms. The molecule has 0 aromatic carbocycles. The van der Waals surface area contributed by atoms with Crippen LogP contribution in [-0.4, -0.2) is 15.8 Å². The van der Waals surface area contributed by atoms with Gasteiger partial charge in [-0.3, -0.25) is 9.78 Å². The largest absolute Gasteiger partial charge is 0.287 e. The fourth-order valence-electron chi connectivity index (χ4n) is 1.17. The van der Waals surface area contributed by atoms with Gasteiger partial charge in [-0.05, 0) is 28.9 Å². The fraction of sp³-hybridized carbons (Fsp3) is 0.100. The van der Waals surface area contributed by atoms with Gasteiger partial charge in [-0.1, -0.05) is 0 Å². The first-order chi connectivity index (χ1) is 7.18. The predicted octanol–water partition coefficient (Wildman–Crippen LogP) is 2.84. The molecule has 0 N–H and O–H groups in total. The van der Waals surface area contributed by atoms with Gasteiger partial charge in [-0.2, -0.15) is 0 Å². The molecule has 0 aliphatic carbocycles. The molecule has 5 heteroatoms. The van der Waals surface area contributed by atoms with Gasteiger partial charge in [0.2, 0.25) is 5.78 Å². The molecule has 0 saturated heterocycles. The SMILES string of the molecule is Cc1nc(C(=O)c2ccncc2Br)cs1. The maximum Gasteiger partial charge on any atom is 0.213 e. The summed E-state index contributed by atoms with van der Waals surface area (Å²) >= 11 is 4.76. The van der Waals surface area contributed by atoms with E-state index in [0.717, 1.165) is 5.01 Å². The number of ketones is 1. The Bertz CT molecular complexity index is 510. The number of halogens is 1. The van der Waals surface area contributed by atoms with E-state index in [1.54, 1.807) is 23.8 Å². The van der Waals surface area contributed by atoms with Crippen molar-refractivity contribution in [3.05, 3.63) is 44.6 Å². The van der Waals surface area contributed by atoms with Crippen LogP contribution in [-0.2, 0) is 0 Å². The maximum absolute atomic E-state index is 12.0. The van der Waals surface area contributed by atoms with Gasteiger partial charge in [0.25, 0.3) is 0 Å². The molecule has 76 valence electrons. The zero-order valence-electron chi connectivity index (χ0n) is 7.90. The molecule has 2 aromatic heterocycles. The summed E-state index contributed by atoms with van der Waals surface area (Å²) in [6.07, 6.45) is 3.20. The Balaban J connectivity index is 2.41. The second-order valence-electron chi connectivity index (χ2n) is 2.94. The number of pyridine rings is 1. The van der Waals surface area contributed by atoms with Crippen molar-refractivity contribution in [2.45, 2.75) is 6.92 Å². The molecule has 0 unspecified atom stereocenters. The fourth-order valence-corrected chi connectivity index (χ4v) is 2.19. The van der Waals surface area contributed by atoms with Gasteiger partial charge in [0.15, 0.2) is 0 Å². The van der Waals surface area contributed by atoms with Gasteiger partial charge < -0.3 is 0 Å². The summed E-state index contributed by atoms with van der Waals surface area (Å²) in [6.45, 7) is 1.88. The first-order valence-corrected chi connectivity index (χ1v) is 5.92. The van der Waals surface area contributed by atoms with Crippen molar-refractivity contribution in [3.63, 3.8) is 0 Å². The van der Waals surface area contributed by atoms with E-state index in [9.17, 15) is 4.79 Å². The number of aryl methyl sites for hydroxylation is 1. The number of aromatic nitrogens is 2. The molecule has 0 atom stereocenters. The molecule has 0 aliphatic heterocycles. The van der Waals surface area contributed by atoms with E-state index < -0.39 is 0 Å². The summed E-state index contributed by atoms with van der Waals surface area (Å²) in [6, 6.07) is 1.68. The monoisotopic (exact) mass is 282 g/mol. The minimum Gasteiger partial charge on any atom is -0.287 e. The van der Waals surface area contributed by atoms with Gasteiger partial charge in [0.1, 0.15) is 5.69 Å². The van der Waals surface area contributed by atoms with Crippen LogP contribution in [0.3, 0.4) is 0 Å². The molecule has 0 radical (unpaired) electrons. The van der Waals surface area contributed by atoms with E-state index in [1.807, 2.05) is 6.92 Å². The van der Waals surface area contributed by atoms with E-state index in [4.69, 9.17) is 0 Å². The summed E-state index contributed by atoms with van der Waals surface area (Å²) < 4.78 is 0.695. The number of hydrogen-bond acceptors (Lipinski definition) is 4. The van der Waals surface area contributed by atoms with Gasteiger partial charge in [0.05, 0.1) is 5.01 Å². The Morgan fingerprint density at radius 3 is 2.93 bits per heavy atom. The second-order valence-corrected chi connectivity index (χ2v) is 4.85. The molecule has 3 nitrogen and oxygen atoms in total. The molecule has 0 spiro atoms. The number of carbonyl (C=O) groups is 1. The highest BCUT2D eigenvalue weighted by molar-refractivity contribution is 9.10. The minimum atomic E-state index is -0.0753. The summed E-state index contributed by atoms with van der Waals surface area (Å²) in [4.78, 5) is 20.0. The lowest BCUT2D eigenvalue weighted by molar-refractivity contribution is 0.103. The van der Waals surface area contributed by atoms with Crippen LogP contribution in [0.2, 0.25) is 0 Å². The van der Waals surface area contributed by atoms with Crippen molar-refractivity contribution in [2.24, 2.45) is 0 Å². The molecule has 0 saturated carbocycles. The van der Waals surface area contributed by atoms with Crippen molar-refractivity contribution < 1.29 is 4.79 Å². The molecule has 2 heterocycles. The van der Waals surface area contributed by atoms with Gasteiger partial charge >= 0.3 is 0 Å². The molecule has 2 aromatic rings. The number of hydrogen-bond donors (Lipinski definition) is 0. The van der Waals surface area contributed by atoms with Crippen molar-refractivity contribution in [3.8, 4) is 0 Å². The molecule has 2 rings (SSSR count). The number of nitrogens with zero attached hydrogens (tertiary/aromatic N) is 2. The normalized spacial score (nSPS) is 10.3. The smallest absolute Gasteiger partial charge is 0.213 e. The first-order valence-electron chi connectivity index (χ1n) is 4.25. The van der Waals surface area contributed by atoms with E-state index in [-0.39, 0.29) is 5.78 Å². The average Bonchev–Trinajstić information content (AvgIpc) is 2.65. The van der Waals surface area contributed by atoms with Crippen LogP contribution >= 0.6 is 27.3 Å². The van der Waals surface area contributed by atoms with Crippen molar-refractivity contribution in [1.29, 1.82) is 0 Å². The van der Waals surface area contributed by atoms with Gasteiger partial charge in [0, 0.05) is 27.8 Å². The zero-order valence-corrected chi connectivity index (χ0v) is 10.3. The zero-order chi connectivity index (χ0) is 10.8. The van der Waals surface area contributed by atoms with Gasteiger partial charge in [-0.25, -0.2) is 4.98 Å². The first kappa shape index (κ1) is 10.4. The highest BCUT2D eigenvalue weighted by Gasteiger charge is 2.14. The summed E-state index contributed by atoms with van der Waals surface area (Å²) in [5.41, 5.74) is 1.08. The van der Waals surface area contributed by atoms with Crippen LogP contribution in [0.15, 0.2) is 28.3 Å². The summed E-state index contributed by atoms with van der Waals surface area (Å²) in [5, 5.41) is 2.66. The number of carbonyl (C=O) groups excluding carboxylic acids is 1. The number of thiazole rings is 1. The Morgan fingerprint density at radius 1 is 1.53 bits per heavy atom. The number of rotatable bonds is 2. The Morgan fingerprint density at radius 2 is 2.33 bits per heavy atom. The van der Waals surface area contributed by atoms with Crippen LogP contribution in [0.5, 0.6) is 0 Å². The molecular formula is C10H7BrN2OS. The Kier molecular flexibility index (Phi) is 2.93. The van der Waals surface area contributed by atoms with Crippen LogP contribution in [0.1, 0.15) is 21.1 Å². The highest BCUT2D eigenvalue weighted by Crippen LogP contribution is 2.19. The summed E-state index contributed by atoms with van der Waals surface area (Å²) in [7, 11) is 0. The second kappa shape index (κ2) is 4.20. The lowest BCUT2D eigenvalue weighted by Gasteiger charge is -1.99. The lowest BCUT2D eigenvalue weighted by Crippen LogP contribution is -2.03. The predicted molar refractivity (Wildman–Crippen MR) is 62.2 cm³/mol. The quantitative estimate of drug-likeness (QED) is 0.796. The molecule has 0 aliphatic rings. The average molecular weight is 283 g/mol. The van der Waals surface area contributed by atoms with E-state index in [1.165, 1.54) is 11.3 Å².